The summed E-state index contributed by atoms with van der Waals surface area (Å²) >= 11 is 12.2. The number of benzene rings is 3. The van der Waals surface area contributed by atoms with Crippen molar-refractivity contribution in [3.8, 4) is 0 Å². The number of amides is 1. The Morgan fingerprint density at radius 3 is 1.96 bits per heavy atom. The fourth-order valence-corrected chi connectivity index (χ4v) is 5.48. The second-order valence-electron chi connectivity index (χ2n) is 10.8. The molecule has 0 aromatic heterocycles. The van der Waals surface area contributed by atoms with Crippen LogP contribution in [0.25, 0.3) is 0 Å². The van der Waals surface area contributed by atoms with Gasteiger partial charge in [-0.3, -0.25) is 4.79 Å². The number of aliphatic hydroxyl groups is 1. The Bertz CT molecular complexity index is 1400. The largest absolute Gasteiger partial charge is 0.416 e. The number of hydrogen-bond donors (Lipinski definition) is 5. The van der Waals surface area contributed by atoms with Crippen LogP contribution in [-0.2, 0) is 27.6 Å². The molecule has 15 heteroatoms. The van der Waals surface area contributed by atoms with Crippen molar-refractivity contribution < 1.29 is 46.5 Å². The summed E-state index contributed by atoms with van der Waals surface area (Å²) in [5, 5.41) is 22.8. The number of rotatable bonds is 14. The second kappa shape index (κ2) is 18.0. The van der Waals surface area contributed by atoms with Crippen LogP contribution in [0.2, 0.25) is 10.0 Å². The van der Waals surface area contributed by atoms with Gasteiger partial charge in [0.05, 0.1) is 39.2 Å². The number of halogens is 8. The number of aryl methyl sites for hydroxylation is 1. The van der Waals surface area contributed by atoms with Crippen LogP contribution in [0.5, 0.6) is 0 Å². The van der Waals surface area contributed by atoms with E-state index in [1.807, 2.05) is 43.3 Å². The van der Waals surface area contributed by atoms with E-state index in [-0.39, 0.29) is 30.1 Å². The van der Waals surface area contributed by atoms with Gasteiger partial charge in [-0.1, -0.05) is 66.5 Å². The SMILES string of the molecule is CCC(CCNCCC(c1ccc(Cl)c(Cl)c1)C(CO)NOO)(C(N)=O)c1ccccc1.Cc1cc(C(F)(F)F)cc(C(F)(F)F)c1. The lowest BCUT2D eigenvalue weighted by molar-refractivity contribution is -0.302. The van der Waals surface area contributed by atoms with Crippen molar-refractivity contribution in [2.24, 2.45) is 5.73 Å². The standard InChI is InChI=1S/C23H31Cl2N3O4.C9H6F6/c1-2-23(22(26)30,17-6-4-3-5-7-17)11-13-27-12-10-18(21(15-29)28-32-31)16-8-9-19(24)20(25)14-16;1-5-2-6(8(10,11)12)4-7(3-5)9(13,14)15/h3-9,14,18,21,27-29,31H,2,10-13,15H2,1H3,(H2,26,30);2-4H,1H3. The number of alkyl halides is 6. The molecule has 0 radical (unpaired) electrons. The first-order valence-electron chi connectivity index (χ1n) is 14.4. The van der Waals surface area contributed by atoms with Crippen LogP contribution in [0, 0.1) is 6.92 Å². The summed E-state index contributed by atoms with van der Waals surface area (Å²) in [6, 6.07) is 15.7. The zero-order valence-electron chi connectivity index (χ0n) is 25.6. The molecule has 0 spiro atoms. The number of aliphatic hydroxyl groups excluding tert-OH is 1. The third-order valence-electron chi connectivity index (χ3n) is 7.75. The average molecular weight is 713 g/mol. The van der Waals surface area contributed by atoms with Crippen molar-refractivity contribution in [3.63, 3.8) is 0 Å². The van der Waals surface area contributed by atoms with E-state index in [4.69, 9.17) is 34.2 Å². The van der Waals surface area contributed by atoms with Crippen LogP contribution in [0.15, 0.2) is 66.7 Å². The van der Waals surface area contributed by atoms with Gasteiger partial charge in [-0.15, -0.1) is 4.99 Å². The number of primary amides is 1. The molecule has 0 saturated heterocycles. The fourth-order valence-electron chi connectivity index (χ4n) is 5.17. The molecule has 3 rings (SSSR count). The highest BCUT2D eigenvalue weighted by Crippen LogP contribution is 2.36. The van der Waals surface area contributed by atoms with Gasteiger partial charge in [0.2, 0.25) is 5.91 Å². The maximum atomic E-state index is 12.4. The minimum absolute atomic E-state index is 0.0721. The molecule has 3 aromatic carbocycles. The van der Waals surface area contributed by atoms with E-state index in [2.05, 4.69) is 15.8 Å². The average Bonchev–Trinajstić information content (AvgIpc) is 3.01. The lowest BCUT2D eigenvalue weighted by Crippen LogP contribution is -2.43. The maximum Gasteiger partial charge on any atom is 0.416 e. The molecule has 47 heavy (non-hydrogen) atoms. The highest BCUT2D eigenvalue weighted by molar-refractivity contribution is 6.42. The van der Waals surface area contributed by atoms with Crippen LogP contribution in [0.3, 0.4) is 0 Å². The Hall–Kier alpha value is -2.91. The quantitative estimate of drug-likeness (QED) is 0.0507. The Balaban J connectivity index is 0.000000427. The summed E-state index contributed by atoms with van der Waals surface area (Å²) in [6.45, 7) is 4.05. The van der Waals surface area contributed by atoms with E-state index in [1.54, 1.807) is 12.1 Å². The predicted octanol–water partition coefficient (Wildman–Crippen LogP) is 7.67. The summed E-state index contributed by atoms with van der Waals surface area (Å²) in [4.78, 5) is 16.4. The number of nitrogens with one attached hydrogen (secondary N) is 2. The Labute approximate surface area is 278 Å². The molecule has 3 unspecified atom stereocenters. The van der Waals surface area contributed by atoms with Gasteiger partial charge in [0.15, 0.2) is 0 Å². The van der Waals surface area contributed by atoms with E-state index in [0.29, 0.717) is 54.5 Å². The zero-order valence-corrected chi connectivity index (χ0v) is 27.1. The molecule has 0 fully saturated rings. The van der Waals surface area contributed by atoms with Crippen LogP contribution >= 0.6 is 23.2 Å². The van der Waals surface area contributed by atoms with Gasteiger partial charge < -0.3 is 16.2 Å². The van der Waals surface area contributed by atoms with Gasteiger partial charge in [0.1, 0.15) is 0 Å². The number of hydrogen-bond acceptors (Lipinski definition) is 6. The Kier molecular flexibility index (Phi) is 15.4. The first-order chi connectivity index (χ1) is 22.0. The molecule has 0 bridgehead atoms. The van der Waals surface area contributed by atoms with Crippen LogP contribution in [-0.4, -0.2) is 42.0 Å². The van der Waals surface area contributed by atoms with Crippen molar-refractivity contribution in [1.82, 2.24) is 10.8 Å². The van der Waals surface area contributed by atoms with Gasteiger partial charge in [-0.25, -0.2) is 5.26 Å². The zero-order chi connectivity index (χ0) is 35.4. The van der Waals surface area contributed by atoms with Crippen molar-refractivity contribution in [3.05, 3.63) is 105 Å². The van der Waals surface area contributed by atoms with E-state index >= 15 is 0 Å². The van der Waals surface area contributed by atoms with Crippen molar-refractivity contribution in [1.29, 1.82) is 0 Å². The highest BCUT2D eigenvalue weighted by atomic mass is 35.5. The Morgan fingerprint density at radius 1 is 0.894 bits per heavy atom. The molecular formula is C32H37Cl2F6N3O4. The van der Waals surface area contributed by atoms with Gasteiger partial charge in [0, 0.05) is 5.92 Å². The van der Waals surface area contributed by atoms with Crippen molar-refractivity contribution >= 4 is 29.1 Å². The lowest BCUT2D eigenvalue weighted by atomic mass is 9.74. The summed E-state index contributed by atoms with van der Waals surface area (Å²) < 4.78 is 73.0. The molecule has 3 aromatic rings. The maximum absolute atomic E-state index is 12.4. The molecule has 0 aliphatic carbocycles. The number of hydroxylamine groups is 1. The number of carbonyl (C=O) groups is 1. The molecule has 0 saturated carbocycles. The summed E-state index contributed by atoms with van der Waals surface area (Å²) in [6.07, 6.45) is -7.76. The van der Waals surface area contributed by atoms with Gasteiger partial charge >= 0.3 is 12.4 Å². The normalized spacial score (nSPS) is 14.5. The first-order valence-corrected chi connectivity index (χ1v) is 15.2. The smallest absolute Gasteiger partial charge is 0.395 e. The predicted molar refractivity (Wildman–Crippen MR) is 168 cm³/mol. The van der Waals surface area contributed by atoms with Gasteiger partial charge in [0.25, 0.3) is 0 Å². The monoisotopic (exact) mass is 711 g/mol. The molecule has 7 nitrogen and oxygen atoms in total. The first kappa shape index (κ1) is 40.3. The molecule has 0 aliphatic rings. The minimum atomic E-state index is -4.76. The summed E-state index contributed by atoms with van der Waals surface area (Å²) in [5.74, 6) is -0.568. The summed E-state index contributed by atoms with van der Waals surface area (Å²) in [7, 11) is 0. The molecule has 0 aliphatic heterocycles. The van der Waals surface area contributed by atoms with E-state index in [0.717, 1.165) is 11.1 Å². The molecular weight excluding hydrogens is 675 g/mol. The Morgan fingerprint density at radius 2 is 1.49 bits per heavy atom. The number of carbonyl (C=O) groups excluding carboxylic acids is 1. The fraction of sp³-hybridized carbons (Fsp3) is 0.406. The van der Waals surface area contributed by atoms with Crippen LogP contribution < -0.4 is 16.5 Å². The molecule has 6 N–H and O–H groups in total. The topological polar surface area (TPSA) is 117 Å². The summed E-state index contributed by atoms with van der Waals surface area (Å²) in [5.41, 5.74) is 6.60. The van der Waals surface area contributed by atoms with Crippen LogP contribution in [0.1, 0.15) is 59.9 Å². The third kappa shape index (κ3) is 11.6. The van der Waals surface area contributed by atoms with E-state index in [9.17, 15) is 36.2 Å². The molecule has 260 valence electrons. The van der Waals surface area contributed by atoms with E-state index < -0.39 is 34.9 Å². The highest BCUT2D eigenvalue weighted by Gasteiger charge is 2.37. The minimum Gasteiger partial charge on any atom is -0.395 e. The van der Waals surface area contributed by atoms with Crippen molar-refractivity contribution in [2.45, 2.75) is 62.8 Å². The molecule has 0 heterocycles. The second-order valence-corrected chi connectivity index (χ2v) is 11.6. The number of nitrogens with two attached hydrogens (primary N) is 1. The van der Waals surface area contributed by atoms with E-state index in [1.165, 1.54) is 6.92 Å². The third-order valence-corrected chi connectivity index (χ3v) is 8.49. The molecule has 1 amide bonds. The van der Waals surface area contributed by atoms with Crippen LogP contribution in [0.4, 0.5) is 26.3 Å². The lowest BCUT2D eigenvalue weighted by Gasteiger charge is -2.30. The molecule has 3 atom stereocenters. The van der Waals surface area contributed by atoms with Gasteiger partial charge in [-0.05, 0) is 86.3 Å². The van der Waals surface area contributed by atoms with Gasteiger partial charge in [-0.2, -0.15) is 31.8 Å². The van der Waals surface area contributed by atoms with Crippen molar-refractivity contribution in [2.75, 3.05) is 19.7 Å².